The van der Waals surface area contributed by atoms with Gasteiger partial charge >= 0.3 is 0 Å². The molecule has 1 aliphatic rings. The van der Waals surface area contributed by atoms with Gasteiger partial charge in [0.15, 0.2) is 5.43 Å². The van der Waals surface area contributed by atoms with Crippen molar-refractivity contribution < 1.29 is 18.7 Å². The third-order valence-corrected chi connectivity index (χ3v) is 6.79. The Hall–Kier alpha value is -3.72. The van der Waals surface area contributed by atoms with Crippen LogP contribution in [0.5, 0.6) is 11.5 Å². The molecule has 8 nitrogen and oxygen atoms in total. The molecule has 0 radical (unpaired) electrons. The predicted molar refractivity (Wildman–Crippen MR) is 125 cm³/mol. The number of hydrogen-bond donors (Lipinski definition) is 0. The first-order chi connectivity index (χ1) is 16.0. The van der Waals surface area contributed by atoms with Gasteiger partial charge in [-0.25, -0.2) is 0 Å². The highest BCUT2D eigenvalue weighted by Gasteiger charge is 2.46. The number of hydrogen-bond acceptors (Lipinski definition) is 8. The molecule has 1 aliphatic heterocycles. The molecule has 168 valence electrons. The zero-order chi connectivity index (χ0) is 23.3. The van der Waals surface area contributed by atoms with Crippen molar-refractivity contribution in [2.45, 2.75) is 26.3 Å². The normalized spacial score (nSPS) is 15.2. The van der Waals surface area contributed by atoms with Crippen LogP contribution >= 0.6 is 11.3 Å². The van der Waals surface area contributed by atoms with Gasteiger partial charge in [0.05, 0.1) is 25.2 Å². The number of anilines is 1. The van der Waals surface area contributed by atoms with Crippen molar-refractivity contribution in [2.75, 3.05) is 19.1 Å². The number of aryl methyl sites for hydroxylation is 2. The molecule has 9 heteroatoms. The molecule has 0 saturated heterocycles. The lowest BCUT2D eigenvalue weighted by Crippen LogP contribution is -2.29. The molecule has 2 aromatic carbocycles. The second-order valence-electron chi connectivity index (χ2n) is 7.69. The summed E-state index contributed by atoms with van der Waals surface area (Å²) in [6.45, 7) is 3.87. The zero-order valence-electron chi connectivity index (χ0n) is 18.5. The molecule has 1 amide bonds. The van der Waals surface area contributed by atoms with Gasteiger partial charge in [-0.3, -0.25) is 14.5 Å². The van der Waals surface area contributed by atoms with Crippen LogP contribution in [0.25, 0.3) is 11.0 Å². The van der Waals surface area contributed by atoms with Gasteiger partial charge in [-0.2, -0.15) is 0 Å². The molecule has 0 N–H and O–H groups in total. The number of benzene rings is 2. The van der Waals surface area contributed by atoms with E-state index in [1.54, 1.807) is 44.6 Å². The van der Waals surface area contributed by atoms with Gasteiger partial charge in [0, 0.05) is 5.56 Å². The SMILES string of the molecule is CCc1nnc(N2C(=O)c3oc4ccc(C)cc4c(=O)c3[C@H]2c2cc(OC)ccc2OC)s1. The number of aromatic nitrogens is 2. The maximum absolute atomic E-state index is 13.8. The predicted octanol–water partition coefficient (Wildman–Crippen LogP) is 4.28. The number of carbonyl (C=O) groups is 1. The summed E-state index contributed by atoms with van der Waals surface area (Å²) in [6.07, 6.45) is 0.681. The molecule has 0 saturated carbocycles. The van der Waals surface area contributed by atoms with Crippen LogP contribution in [0.4, 0.5) is 5.13 Å². The van der Waals surface area contributed by atoms with Crippen molar-refractivity contribution in [1.82, 2.24) is 10.2 Å². The minimum Gasteiger partial charge on any atom is -0.497 e. The van der Waals surface area contributed by atoms with Gasteiger partial charge in [-0.05, 0) is 43.7 Å². The average Bonchev–Trinajstić information content (AvgIpc) is 3.41. The Bertz CT molecular complexity index is 1460. The van der Waals surface area contributed by atoms with Crippen LogP contribution in [-0.2, 0) is 6.42 Å². The van der Waals surface area contributed by atoms with Gasteiger partial charge < -0.3 is 13.9 Å². The number of carbonyl (C=O) groups excluding carboxylic acids is 1. The minimum absolute atomic E-state index is 0.000487. The van der Waals surface area contributed by atoms with Crippen LogP contribution in [0.3, 0.4) is 0 Å². The maximum atomic E-state index is 13.8. The van der Waals surface area contributed by atoms with E-state index in [4.69, 9.17) is 13.9 Å². The molecule has 4 aromatic rings. The van der Waals surface area contributed by atoms with E-state index in [9.17, 15) is 9.59 Å². The van der Waals surface area contributed by atoms with Gasteiger partial charge in [0.1, 0.15) is 28.1 Å². The van der Waals surface area contributed by atoms with E-state index >= 15 is 0 Å². The third kappa shape index (κ3) is 3.27. The number of rotatable bonds is 5. The van der Waals surface area contributed by atoms with Gasteiger partial charge in [0.25, 0.3) is 5.91 Å². The van der Waals surface area contributed by atoms with E-state index in [-0.39, 0.29) is 16.8 Å². The summed E-state index contributed by atoms with van der Waals surface area (Å²) in [5, 5.41) is 10.0. The van der Waals surface area contributed by atoms with Crippen molar-refractivity contribution in [3.8, 4) is 11.5 Å². The van der Waals surface area contributed by atoms with Gasteiger partial charge in [-0.1, -0.05) is 29.9 Å². The summed E-state index contributed by atoms with van der Waals surface area (Å²) in [5.41, 5.74) is 1.86. The summed E-state index contributed by atoms with van der Waals surface area (Å²) in [4.78, 5) is 28.9. The number of nitrogens with zero attached hydrogens (tertiary/aromatic N) is 3. The van der Waals surface area contributed by atoms with Crippen molar-refractivity contribution >= 4 is 33.3 Å². The van der Waals surface area contributed by atoms with Gasteiger partial charge in [0.2, 0.25) is 10.9 Å². The Morgan fingerprint density at radius 2 is 1.91 bits per heavy atom. The highest BCUT2D eigenvalue weighted by atomic mass is 32.1. The van der Waals surface area contributed by atoms with Crippen molar-refractivity contribution in [3.63, 3.8) is 0 Å². The first-order valence-electron chi connectivity index (χ1n) is 10.4. The summed E-state index contributed by atoms with van der Waals surface area (Å²) < 4.78 is 17.0. The lowest BCUT2D eigenvalue weighted by molar-refractivity contribution is 0.0970. The van der Waals surface area contributed by atoms with Crippen LogP contribution in [0.1, 0.15) is 45.2 Å². The Balaban J connectivity index is 1.84. The van der Waals surface area contributed by atoms with Crippen molar-refractivity contribution in [1.29, 1.82) is 0 Å². The molecule has 1 atom stereocenters. The van der Waals surface area contributed by atoms with Crippen molar-refractivity contribution in [2.24, 2.45) is 0 Å². The molecular weight excluding hydrogens is 442 g/mol. The fourth-order valence-corrected chi connectivity index (χ4v) is 4.92. The van der Waals surface area contributed by atoms with Gasteiger partial charge in [-0.15, -0.1) is 10.2 Å². The Morgan fingerprint density at radius 1 is 1.09 bits per heavy atom. The van der Waals surface area contributed by atoms with Crippen LogP contribution in [0.15, 0.2) is 45.6 Å². The standard InChI is InChI=1S/C24H21N3O5S/c1-5-18-25-26-24(33-18)27-20(14-11-13(30-3)7-9-16(14)31-4)19-21(28)15-10-12(2)6-8-17(15)32-22(19)23(27)29/h6-11,20H,5H2,1-4H3/t20-/m1/s1. The zero-order valence-corrected chi connectivity index (χ0v) is 19.4. The first-order valence-corrected chi connectivity index (χ1v) is 11.2. The molecule has 0 aliphatic carbocycles. The topological polar surface area (TPSA) is 94.8 Å². The lowest BCUT2D eigenvalue weighted by atomic mass is 9.97. The molecule has 2 aromatic heterocycles. The number of methoxy groups -OCH3 is 2. The Morgan fingerprint density at radius 3 is 2.61 bits per heavy atom. The molecular formula is C24H21N3O5S. The van der Waals surface area contributed by atoms with Crippen LogP contribution in [-0.4, -0.2) is 30.3 Å². The van der Waals surface area contributed by atoms with E-state index in [2.05, 4.69) is 10.2 Å². The minimum atomic E-state index is -0.809. The fraction of sp³-hybridized carbons (Fsp3) is 0.250. The van der Waals surface area contributed by atoms with E-state index in [0.29, 0.717) is 39.6 Å². The number of ether oxygens (including phenoxy) is 2. The highest BCUT2D eigenvalue weighted by Crippen LogP contribution is 2.45. The van der Waals surface area contributed by atoms with E-state index < -0.39 is 11.9 Å². The third-order valence-electron chi connectivity index (χ3n) is 5.72. The number of amides is 1. The molecule has 0 fully saturated rings. The molecule has 0 bridgehead atoms. The molecule has 0 spiro atoms. The smallest absolute Gasteiger partial charge is 0.297 e. The van der Waals surface area contributed by atoms with Crippen molar-refractivity contribution in [3.05, 3.63) is 74.1 Å². The largest absolute Gasteiger partial charge is 0.497 e. The summed E-state index contributed by atoms with van der Waals surface area (Å²) >= 11 is 1.31. The second-order valence-corrected chi connectivity index (χ2v) is 8.73. The lowest BCUT2D eigenvalue weighted by Gasteiger charge is -2.24. The molecule has 33 heavy (non-hydrogen) atoms. The summed E-state index contributed by atoms with van der Waals surface area (Å²) in [7, 11) is 3.10. The van der Waals surface area contributed by atoms with Crippen LogP contribution in [0.2, 0.25) is 0 Å². The monoisotopic (exact) mass is 463 g/mol. The van der Waals surface area contributed by atoms with Crippen LogP contribution < -0.4 is 19.8 Å². The fourth-order valence-electron chi connectivity index (χ4n) is 4.12. The molecule has 0 unspecified atom stereocenters. The Labute approximate surface area is 193 Å². The average molecular weight is 464 g/mol. The quantitative estimate of drug-likeness (QED) is 0.436. The summed E-state index contributed by atoms with van der Waals surface area (Å²) in [6, 6.07) is 9.79. The van der Waals surface area contributed by atoms with E-state index in [1.165, 1.54) is 16.2 Å². The molecule has 5 rings (SSSR count). The molecule has 3 heterocycles. The van der Waals surface area contributed by atoms with E-state index in [1.807, 2.05) is 19.9 Å². The van der Waals surface area contributed by atoms with E-state index in [0.717, 1.165) is 10.6 Å². The highest BCUT2D eigenvalue weighted by molar-refractivity contribution is 7.15. The summed E-state index contributed by atoms with van der Waals surface area (Å²) in [5.74, 6) is 0.632. The Kier molecular flexibility index (Phi) is 5.13. The number of fused-ring (bicyclic) bond motifs is 2. The van der Waals surface area contributed by atoms with Crippen LogP contribution in [0, 0.1) is 6.92 Å². The second kappa shape index (κ2) is 8.00. The maximum Gasteiger partial charge on any atom is 0.297 e. The first kappa shape index (κ1) is 21.1.